The van der Waals surface area contributed by atoms with Crippen LogP contribution in [0.2, 0.25) is 0 Å². The number of fused-ring (bicyclic) bond motifs is 1. The number of ether oxygens (including phenoxy) is 1. The molecule has 0 heterocycles. The fourth-order valence-electron chi connectivity index (χ4n) is 3.92. The van der Waals surface area contributed by atoms with Crippen LogP contribution in [0.4, 0.5) is 0 Å². The molecule has 3 rings (SSSR count). The second-order valence-corrected chi connectivity index (χ2v) is 7.61. The second-order valence-electron chi connectivity index (χ2n) is 7.61. The van der Waals surface area contributed by atoms with Gasteiger partial charge in [-0.25, -0.2) is 4.79 Å². The number of rotatable bonds is 7. The number of allylic oxidation sites excluding steroid dienone is 1. The van der Waals surface area contributed by atoms with Crippen molar-refractivity contribution in [1.82, 2.24) is 5.32 Å². The van der Waals surface area contributed by atoms with E-state index < -0.39 is 5.54 Å². The molecule has 2 aromatic rings. The van der Waals surface area contributed by atoms with E-state index >= 15 is 0 Å². The van der Waals surface area contributed by atoms with Gasteiger partial charge in [-0.15, -0.1) is 0 Å². The molecule has 0 fully saturated rings. The molecule has 0 radical (unpaired) electrons. The molecular formula is C25H29NO3. The van der Waals surface area contributed by atoms with Crippen LogP contribution in [-0.4, -0.2) is 24.0 Å². The minimum absolute atomic E-state index is 0.245. The van der Waals surface area contributed by atoms with Crippen molar-refractivity contribution in [3.8, 4) is 0 Å². The summed E-state index contributed by atoms with van der Waals surface area (Å²) in [4.78, 5) is 26.2. The first-order valence-electron chi connectivity index (χ1n) is 10.3. The molecule has 1 amide bonds. The van der Waals surface area contributed by atoms with Gasteiger partial charge < -0.3 is 10.1 Å². The van der Waals surface area contributed by atoms with Crippen LogP contribution >= 0.6 is 0 Å². The summed E-state index contributed by atoms with van der Waals surface area (Å²) in [6.45, 7) is 6.18. The standard InChI is InChI=1S/C25H29NO3/c1-4-6-7-14-21-18(3)11-10-15-22(21)23(27)26-25(24(28)29-5-2)16-19-12-8-9-13-20(19)17-25/h7-15H,4-6,16-17H2,1-3H3,(H,26,27). The molecule has 4 nitrogen and oxygen atoms in total. The van der Waals surface area contributed by atoms with Gasteiger partial charge in [0, 0.05) is 18.4 Å². The van der Waals surface area contributed by atoms with Crippen molar-refractivity contribution in [3.05, 3.63) is 76.4 Å². The monoisotopic (exact) mass is 391 g/mol. The molecule has 0 unspecified atom stereocenters. The molecule has 0 spiro atoms. The quantitative estimate of drug-likeness (QED) is 0.700. The van der Waals surface area contributed by atoms with E-state index in [1.54, 1.807) is 6.92 Å². The zero-order valence-electron chi connectivity index (χ0n) is 17.5. The number of carbonyl (C=O) groups excluding carboxylic acids is 2. The van der Waals surface area contributed by atoms with Crippen LogP contribution in [0, 0.1) is 6.92 Å². The molecule has 0 aliphatic heterocycles. The van der Waals surface area contributed by atoms with Crippen molar-refractivity contribution >= 4 is 18.0 Å². The van der Waals surface area contributed by atoms with E-state index in [1.807, 2.05) is 55.5 Å². The van der Waals surface area contributed by atoms with Gasteiger partial charge in [-0.05, 0) is 48.6 Å². The Morgan fingerprint density at radius 3 is 2.38 bits per heavy atom. The van der Waals surface area contributed by atoms with E-state index in [-0.39, 0.29) is 18.5 Å². The van der Waals surface area contributed by atoms with Gasteiger partial charge in [0.15, 0.2) is 0 Å². The minimum atomic E-state index is -1.06. The minimum Gasteiger partial charge on any atom is -0.464 e. The first-order valence-corrected chi connectivity index (χ1v) is 10.3. The fraction of sp³-hybridized carbons (Fsp3) is 0.360. The number of carbonyl (C=O) groups is 2. The Labute approximate surface area is 173 Å². The maximum absolute atomic E-state index is 13.3. The second kappa shape index (κ2) is 9.08. The molecular weight excluding hydrogens is 362 g/mol. The van der Waals surface area contributed by atoms with Gasteiger partial charge in [0.1, 0.15) is 5.54 Å². The highest BCUT2D eigenvalue weighted by Gasteiger charge is 2.46. The van der Waals surface area contributed by atoms with Gasteiger partial charge in [-0.1, -0.05) is 61.9 Å². The lowest BCUT2D eigenvalue weighted by Gasteiger charge is -2.28. The summed E-state index contributed by atoms with van der Waals surface area (Å²) in [6, 6.07) is 13.6. The molecule has 0 bridgehead atoms. The number of esters is 1. The predicted molar refractivity (Wildman–Crippen MR) is 116 cm³/mol. The van der Waals surface area contributed by atoms with Crippen LogP contribution in [0.3, 0.4) is 0 Å². The number of unbranched alkanes of at least 4 members (excludes halogenated alkanes) is 1. The van der Waals surface area contributed by atoms with Crippen molar-refractivity contribution in [2.45, 2.75) is 52.0 Å². The zero-order valence-corrected chi connectivity index (χ0v) is 17.5. The highest BCUT2D eigenvalue weighted by atomic mass is 16.5. The Morgan fingerprint density at radius 2 is 1.76 bits per heavy atom. The van der Waals surface area contributed by atoms with E-state index in [9.17, 15) is 9.59 Å². The van der Waals surface area contributed by atoms with Gasteiger partial charge in [0.25, 0.3) is 5.91 Å². The first-order chi connectivity index (χ1) is 14.0. The smallest absolute Gasteiger partial charge is 0.332 e. The van der Waals surface area contributed by atoms with Crippen molar-refractivity contribution in [2.75, 3.05) is 6.61 Å². The number of benzene rings is 2. The lowest BCUT2D eigenvalue weighted by atomic mass is 9.93. The Hall–Kier alpha value is -2.88. The predicted octanol–water partition coefficient (Wildman–Crippen LogP) is 4.64. The van der Waals surface area contributed by atoms with E-state index in [0.717, 1.165) is 35.1 Å². The fourth-order valence-corrected chi connectivity index (χ4v) is 3.92. The van der Waals surface area contributed by atoms with Crippen LogP contribution in [-0.2, 0) is 22.4 Å². The van der Waals surface area contributed by atoms with Crippen LogP contribution in [0.5, 0.6) is 0 Å². The van der Waals surface area contributed by atoms with Crippen LogP contribution < -0.4 is 5.32 Å². The maximum Gasteiger partial charge on any atom is 0.332 e. The number of hydrogen-bond acceptors (Lipinski definition) is 3. The highest BCUT2D eigenvalue weighted by molar-refractivity contribution is 6.01. The number of nitrogens with one attached hydrogen (secondary N) is 1. The van der Waals surface area contributed by atoms with Crippen molar-refractivity contribution < 1.29 is 14.3 Å². The molecule has 1 aliphatic carbocycles. The van der Waals surface area contributed by atoms with Crippen LogP contribution in [0.25, 0.3) is 6.08 Å². The van der Waals surface area contributed by atoms with Gasteiger partial charge in [-0.2, -0.15) is 0 Å². The van der Waals surface area contributed by atoms with Crippen molar-refractivity contribution in [2.24, 2.45) is 0 Å². The van der Waals surface area contributed by atoms with E-state index in [0.29, 0.717) is 18.4 Å². The van der Waals surface area contributed by atoms with Crippen molar-refractivity contribution in [3.63, 3.8) is 0 Å². The topological polar surface area (TPSA) is 55.4 Å². The molecule has 152 valence electrons. The Morgan fingerprint density at radius 1 is 1.07 bits per heavy atom. The molecule has 29 heavy (non-hydrogen) atoms. The summed E-state index contributed by atoms with van der Waals surface area (Å²) in [7, 11) is 0. The molecule has 0 saturated heterocycles. The summed E-state index contributed by atoms with van der Waals surface area (Å²) in [5.74, 6) is -0.619. The lowest BCUT2D eigenvalue weighted by Crippen LogP contribution is -2.56. The Kier molecular flexibility index (Phi) is 6.53. The summed E-state index contributed by atoms with van der Waals surface area (Å²) in [6.07, 6.45) is 6.99. The summed E-state index contributed by atoms with van der Waals surface area (Å²) >= 11 is 0. The summed E-state index contributed by atoms with van der Waals surface area (Å²) in [5, 5.41) is 3.05. The molecule has 2 aromatic carbocycles. The molecule has 0 saturated carbocycles. The molecule has 1 N–H and O–H groups in total. The van der Waals surface area contributed by atoms with Gasteiger partial charge in [-0.3, -0.25) is 4.79 Å². The van der Waals surface area contributed by atoms with Gasteiger partial charge in [0.05, 0.1) is 6.61 Å². The summed E-state index contributed by atoms with van der Waals surface area (Å²) in [5.41, 5.74) is 3.60. The van der Waals surface area contributed by atoms with Crippen LogP contribution in [0.15, 0.2) is 48.5 Å². The molecule has 4 heteroatoms. The molecule has 0 aromatic heterocycles. The maximum atomic E-state index is 13.3. The third-order valence-electron chi connectivity index (χ3n) is 5.43. The van der Waals surface area contributed by atoms with Crippen LogP contribution in [0.1, 0.15) is 59.3 Å². The third kappa shape index (κ3) is 4.42. The first kappa shape index (κ1) is 20.8. The normalized spacial score (nSPS) is 14.6. The van der Waals surface area contributed by atoms with Gasteiger partial charge >= 0.3 is 5.97 Å². The largest absolute Gasteiger partial charge is 0.464 e. The third-order valence-corrected chi connectivity index (χ3v) is 5.43. The average Bonchev–Trinajstić information content (AvgIpc) is 3.08. The molecule has 1 aliphatic rings. The van der Waals surface area contributed by atoms with Gasteiger partial charge in [0.2, 0.25) is 0 Å². The lowest BCUT2D eigenvalue weighted by molar-refractivity contribution is -0.150. The number of amides is 1. The van der Waals surface area contributed by atoms with E-state index in [4.69, 9.17) is 4.74 Å². The average molecular weight is 392 g/mol. The van der Waals surface area contributed by atoms with E-state index in [1.165, 1.54) is 0 Å². The molecule has 0 atom stereocenters. The zero-order chi connectivity index (χ0) is 20.9. The number of aryl methyl sites for hydroxylation is 1. The Balaban J connectivity index is 1.93. The summed E-state index contributed by atoms with van der Waals surface area (Å²) < 4.78 is 5.36. The van der Waals surface area contributed by atoms with E-state index in [2.05, 4.69) is 18.3 Å². The van der Waals surface area contributed by atoms with Crippen molar-refractivity contribution in [1.29, 1.82) is 0 Å². The SMILES string of the molecule is CCCC=Cc1c(C)cccc1C(=O)NC1(C(=O)OCC)Cc2ccccc2C1. The Bertz CT molecular complexity index is 904. The number of hydrogen-bond donors (Lipinski definition) is 1. The highest BCUT2D eigenvalue weighted by Crippen LogP contribution is 2.32.